The van der Waals surface area contributed by atoms with Gasteiger partial charge in [0.2, 0.25) is 5.91 Å². The van der Waals surface area contributed by atoms with Gasteiger partial charge in [-0.05, 0) is 36.7 Å². The van der Waals surface area contributed by atoms with E-state index in [9.17, 15) is 4.79 Å². The van der Waals surface area contributed by atoms with Crippen LogP contribution in [0.1, 0.15) is 31.1 Å². The van der Waals surface area contributed by atoms with Crippen molar-refractivity contribution in [1.29, 1.82) is 0 Å². The molecule has 1 saturated carbocycles. The van der Waals surface area contributed by atoms with Crippen LogP contribution in [-0.2, 0) is 16.1 Å². The molecule has 1 N–H and O–H groups in total. The number of likely N-dealkylation sites (N-methyl/N-ethyl adjacent to an activating group) is 1. The van der Waals surface area contributed by atoms with Gasteiger partial charge >= 0.3 is 0 Å². The lowest BCUT2D eigenvalue weighted by Crippen LogP contribution is -2.36. The zero-order valence-corrected chi connectivity index (χ0v) is 12.1. The number of nitrogens with zero attached hydrogens (tertiary/aromatic N) is 5. The molecule has 1 aromatic rings. The van der Waals surface area contributed by atoms with Gasteiger partial charge in [0.15, 0.2) is 5.82 Å². The van der Waals surface area contributed by atoms with E-state index in [0.717, 1.165) is 25.1 Å². The van der Waals surface area contributed by atoms with E-state index in [1.807, 2.05) is 16.6 Å². The lowest BCUT2D eigenvalue weighted by Gasteiger charge is -2.15. The number of nitrogens with one attached hydrogen (secondary N) is 1. The third kappa shape index (κ3) is 4.53. The van der Waals surface area contributed by atoms with Crippen LogP contribution in [0.25, 0.3) is 0 Å². The van der Waals surface area contributed by atoms with Crippen LogP contribution in [0.3, 0.4) is 0 Å². The number of methoxy groups -OCH3 is 1. The van der Waals surface area contributed by atoms with E-state index < -0.39 is 0 Å². The van der Waals surface area contributed by atoms with Crippen LogP contribution in [0.15, 0.2) is 0 Å². The number of carbonyl (C=O) groups is 1. The number of aromatic nitrogens is 4. The first kappa shape index (κ1) is 14.9. The topological polar surface area (TPSA) is 85.2 Å². The van der Waals surface area contributed by atoms with Crippen LogP contribution in [0.4, 0.5) is 0 Å². The second-order valence-electron chi connectivity index (χ2n) is 5.14. The third-order valence-electron chi connectivity index (χ3n) is 3.13. The van der Waals surface area contributed by atoms with Crippen molar-refractivity contribution in [3.05, 3.63) is 5.82 Å². The number of tetrazole rings is 1. The maximum atomic E-state index is 11.7. The predicted molar refractivity (Wildman–Crippen MR) is 71.9 cm³/mol. The van der Waals surface area contributed by atoms with Crippen molar-refractivity contribution < 1.29 is 9.53 Å². The van der Waals surface area contributed by atoms with Gasteiger partial charge in [0, 0.05) is 20.3 Å². The molecule has 0 bridgehead atoms. The van der Waals surface area contributed by atoms with E-state index in [0.29, 0.717) is 32.3 Å². The molecule has 8 heteroatoms. The SMILES string of the molecule is COCCCNC(=O)CN(C)Cc1nnnn1C1CC1. The van der Waals surface area contributed by atoms with Crippen molar-refractivity contribution in [3.8, 4) is 0 Å². The lowest BCUT2D eigenvalue weighted by atomic mass is 10.4. The number of carbonyl (C=O) groups excluding carboxylic acids is 1. The summed E-state index contributed by atoms with van der Waals surface area (Å²) in [7, 11) is 3.54. The molecule has 0 aromatic carbocycles. The van der Waals surface area contributed by atoms with Crippen LogP contribution in [-0.4, -0.2) is 64.9 Å². The summed E-state index contributed by atoms with van der Waals surface area (Å²) in [6.07, 6.45) is 3.11. The molecule has 1 fully saturated rings. The molecule has 0 unspecified atom stereocenters. The highest BCUT2D eigenvalue weighted by molar-refractivity contribution is 5.77. The number of rotatable bonds is 9. The van der Waals surface area contributed by atoms with Gasteiger partial charge in [0.25, 0.3) is 0 Å². The molecule has 0 atom stereocenters. The summed E-state index contributed by atoms with van der Waals surface area (Å²) in [5.74, 6) is 0.830. The molecule has 0 spiro atoms. The van der Waals surface area contributed by atoms with Gasteiger partial charge in [0.05, 0.1) is 19.1 Å². The summed E-state index contributed by atoms with van der Waals surface area (Å²) in [6, 6.07) is 0.455. The van der Waals surface area contributed by atoms with Gasteiger partial charge in [-0.3, -0.25) is 9.69 Å². The van der Waals surface area contributed by atoms with Crippen LogP contribution in [0, 0.1) is 0 Å². The molecule has 1 aliphatic rings. The molecular formula is C12H22N6O2. The largest absolute Gasteiger partial charge is 0.385 e. The fraction of sp³-hybridized carbons (Fsp3) is 0.833. The highest BCUT2D eigenvalue weighted by atomic mass is 16.5. The minimum atomic E-state index is 0.00838. The monoisotopic (exact) mass is 282 g/mol. The molecule has 0 saturated heterocycles. The lowest BCUT2D eigenvalue weighted by molar-refractivity contribution is -0.122. The fourth-order valence-electron chi connectivity index (χ4n) is 1.96. The van der Waals surface area contributed by atoms with Gasteiger partial charge in [0.1, 0.15) is 0 Å². The van der Waals surface area contributed by atoms with Gasteiger partial charge in [-0.1, -0.05) is 0 Å². The average Bonchev–Trinajstić information content (AvgIpc) is 3.16. The fourth-order valence-corrected chi connectivity index (χ4v) is 1.96. The summed E-state index contributed by atoms with van der Waals surface area (Å²) >= 11 is 0. The number of hydrogen-bond acceptors (Lipinski definition) is 6. The van der Waals surface area contributed by atoms with Gasteiger partial charge in [-0.25, -0.2) is 4.68 Å². The molecule has 2 rings (SSSR count). The Bertz CT molecular complexity index is 431. The van der Waals surface area contributed by atoms with Gasteiger partial charge in [-0.15, -0.1) is 5.10 Å². The Morgan fingerprint density at radius 3 is 3.05 bits per heavy atom. The van der Waals surface area contributed by atoms with E-state index in [1.54, 1.807) is 7.11 Å². The maximum Gasteiger partial charge on any atom is 0.234 e. The maximum absolute atomic E-state index is 11.7. The van der Waals surface area contributed by atoms with E-state index in [4.69, 9.17) is 4.74 Å². The molecule has 8 nitrogen and oxygen atoms in total. The van der Waals surface area contributed by atoms with Gasteiger partial charge < -0.3 is 10.1 Å². The molecule has 1 heterocycles. The van der Waals surface area contributed by atoms with Crippen LogP contribution in [0.5, 0.6) is 0 Å². The predicted octanol–water partition coefficient (Wildman–Crippen LogP) is -0.407. The second-order valence-corrected chi connectivity index (χ2v) is 5.14. The van der Waals surface area contributed by atoms with Crippen LogP contribution >= 0.6 is 0 Å². The number of hydrogen-bond donors (Lipinski definition) is 1. The Morgan fingerprint density at radius 1 is 1.55 bits per heavy atom. The summed E-state index contributed by atoms with van der Waals surface area (Å²) in [4.78, 5) is 13.6. The summed E-state index contributed by atoms with van der Waals surface area (Å²) in [6.45, 7) is 2.21. The molecule has 1 aromatic heterocycles. The molecule has 112 valence electrons. The van der Waals surface area contributed by atoms with Crippen molar-refractivity contribution in [2.75, 3.05) is 33.9 Å². The van der Waals surface area contributed by atoms with Crippen LogP contribution in [0.2, 0.25) is 0 Å². The van der Waals surface area contributed by atoms with E-state index >= 15 is 0 Å². The average molecular weight is 282 g/mol. The molecule has 0 radical (unpaired) electrons. The summed E-state index contributed by atoms with van der Waals surface area (Å²) in [5, 5.41) is 14.6. The van der Waals surface area contributed by atoms with Crippen molar-refractivity contribution in [2.24, 2.45) is 0 Å². The summed E-state index contributed by atoms with van der Waals surface area (Å²) in [5.41, 5.74) is 0. The molecule has 0 aliphatic heterocycles. The Morgan fingerprint density at radius 2 is 2.35 bits per heavy atom. The van der Waals surface area contributed by atoms with E-state index in [2.05, 4.69) is 20.8 Å². The first-order valence-corrected chi connectivity index (χ1v) is 6.91. The molecule has 1 amide bonds. The van der Waals surface area contributed by atoms with E-state index in [-0.39, 0.29) is 5.91 Å². The first-order chi connectivity index (χ1) is 9.70. The molecular weight excluding hydrogens is 260 g/mol. The normalized spacial score (nSPS) is 14.8. The zero-order valence-electron chi connectivity index (χ0n) is 12.1. The third-order valence-corrected chi connectivity index (χ3v) is 3.13. The molecule has 1 aliphatic carbocycles. The van der Waals surface area contributed by atoms with Crippen molar-refractivity contribution >= 4 is 5.91 Å². The summed E-state index contributed by atoms with van der Waals surface area (Å²) < 4.78 is 6.80. The Hall–Kier alpha value is -1.54. The Balaban J connectivity index is 1.70. The standard InChI is InChI=1S/C12H22N6O2/c1-17(9-12(19)13-6-3-7-20-2)8-11-14-15-16-18(11)10-4-5-10/h10H,3-9H2,1-2H3,(H,13,19). The Labute approximate surface area is 118 Å². The number of ether oxygens (including phenoxy) is 1. The highest BCUT2D eigenvalue weighted by Crippen LogP contribution is 2.34. The van der Waals surface area contributed by atoms with Crippen molar-refractivity contribution in [3.63, 3.8) is 0 Å². The quantitative estimate of drug-likeness (QED) is 0.620. The Kier molecular flexibility index (Phi) is 5.42. The van der Waals surface area contributed by atoms with Crippen molar-refractivity contribution in [2.45, 2.75) is 31.8 Å². The minimum Gasteiger partial charge on any atom is -0.385 e. The smallest absolute Gasteiger partial charge is 0.234 e. The number of amides is 1. The van der Waals surface area contributed by atoms with E-state index in [1.165, 1.54) is 0 Å². The van der Waals surface area contributed by atoms with Crippen LogP contribution < -0.4 is 5.32 Å². The minimum absolute atomic E-state index is 0.00838. The van der Waals surface area contributed by atoms with Crippen molar-refractivity contribution in [1.82, 2.24) is 30.4 Å². The highest BCUT2D eigenvalue weighted by Gasteiger charge is 2.28. The second kappa shape index (κ2) is 7.30. The molecule has 20 heavy (non-hydrogen) atoms. The van der Waals surface area contributed by atoms with Gasteiger partial charge in [-0.2, -0.15) is 0 Å². The first-order valence-electron chi connectivity index (χ1n) is 6.91. The zero-order chi connectivity index (χ0) is 14.4.